The fourth-order valence-electron chi connectivity index (χ4n) is 1.37. The maximum atomic E-state index is 11.7. The van der Waals surface area contributed by atoms with Gasteiger partial charge in [-0.3, -0.25) is 4.79 Å². The van der Waals surface area contributed by atoms with Gasteiger partial charge in [-0.2, -0.15) is 0 Å². The van der Waals surface area contributed by atoms with E-state index in [0.717, 1.165) is 12.8 Å². The van der Waals surface area contributed by atoms with Crippen molar-refractivity contribution in [3.63, 3.8) is 0 Å². The molecule has 3 nitrogen and oxygen atoms in total. The molecule has 1 fully saturated rings. The van der Waals surface area contributed by atoms with E-state index in [-0.39, 0.29) is 11.2 Å². The van der Waals surface area contributed by atoms with Gasteiger partial charge in [-0.05, 0) is 18.9 Å². The zero-order valence-corrected chi connectivity index (χ0v) is 6.75. The fourth-order valence-corrected chi connectivity index (χ4v) is 1.37. The Bertz CT molecular complexity index is 285. The Morgan fingerprint density at radius 1 is 1.67 bits per heavy atom. The van der Waals surface area contributed by atoms with Crippen LogP contribution in [0.4, 0.5) is 0 Å². The van der Waals surface area contributed by atoms with Gasteiger partial charge in [0, 0.05) is 12.0 Å². The molecule has 64 valence electrons. The predicted molar refractivity (Wildman–Crippen MR) is 43.8 cm³/mol. The highest BCUT2D eigenvalue weighted by Gasteiger charge is 2.48. The molecule has 12 heavy (non-hydrogen) atoms. The molecule has 2 N–H and O–H groups in total. The van der Waals surface area contributed by atoms with E-state index in [2.05, 4.69) is 0 Å². The molecule has 0 bridgehead atoms. The molecule has 0 radical (unpaired) electrons. The average molecular weight is 165 g/mol. The molecule has 0 unspecified atom stereocenters. The van der Waals surface area contributed by atoms with E-state index in [1.165, 1.54) is 12.5 Å². The summed E-state index contributed by atoms with van der Waals surface area (Å²) in [4.78, 5) is 11.7. The molecule has 1 aliphatic carbocycles. The molecular weight excluding hydrogens is 154 g/mol. The Hall–Kier alpha value is -1.09. The van der Waals surface area contributed by atoms with Crippen LogP contribution >= 0.6 is 0 Å². The van der Waals surface area contributed by atoms with Gasteiger partial charge >= 0.3 is 0 Å². The largest absolute Gasteiger partial charge is 0.472 e. The lowest BCUT2D eigenvalue weighted by molar-refractivity contribution is 0.0905. The molecule has 0 aromatic carbocycles. The first-order chi connectivity index (χ1) is 5.78. The molecule has 0 spiro atoms. The molecule has 0 aliphatic heterocycles. The number of carbonyl (C=O) groups is 1. The maximum absolute atomic E-state index is 11.7. The second kappa shape index (κ2) is 2.45. The topological polar surface area (TPSA) is 56.2 Å². The first-order valence-corrected chi connectivity index (χ1v) is 4.06. The Morgan fingerprint density at radius 3 is 2.83 bits per heavy atom. The van der Waals surface area contributed by atoms with Crippen LogP contribution < -0.4 is 5.73 Å². The summed E-state index contributed by atoms with van der Waals surface area (Å²) in [6.07, 6.45) is 4.85. The van der Waals surface area contributed by atoms with E-state index in [1.807, 2.05) is 0 Å². The number of furan rings is 1. The standard InChI is InChI=1S/C9H11NO2/c10-6-9(2-3-9)8(11)7-1-4-12-5-7/h1,4-5H,2-3,6,10H2. The van der Waals surface area contributed by atoms with E-state index in [4.69, 9.17) is 10.2 Å². The molecule has 1 saturated carbocycles. The second-order valence-electron chi connectivity index (χ2n) is 3.33. The first kappa shape index (κ1) is 7.55. The summed E-state index contributed by atoms with van der Waals surface area (Å²) in [7, 11) is 0. The van der Waals surface area contributed by atoms with Crippen LogP contribution in [0.5, 0.6) is 0 Å². The van der Waals surface area contributed by atoms with Gasteiger partial charge in [0.05, 0.1) is 11.8 Å². The minimum Gasteiger partial charge on any atom is -0.472 e. The van der Waals surface area contributed by atoms with Gasteiger partial charge < -0.3 is 10.2 Å². The molecular formula is C9H11NO2. The van der Waals surface area contributed by atoms with Gasteiger partial charge in [0.1, 0.15) is 6.26 Å². The van der Waals surface area contributed by atoms with Crippen LogP contribution in [0.2, 0.25) is 0 Å². The fraction of sp³-hybridized carbons (Fsp3) is 0.444. The van der Waals surface area contributed by atoms with Crippen molar-refractivity contribution in [3.8, 4) is 0 Å². The highest BCUT2D eigenvalue weighted by molar-refractivity contribution is 6.02. The summed E-state index contributed by atoms with van der Waals surface area (Å²) < 4.78 is 4.84. The molecule has 0 saturated heterocycles. The average Bonchev–Trinajstić information content (AvgIpc) is 2.71. The summed E-state index contributed by atoms with van der Waals surface area (Å²) in [6.45, 7) is 0.455. The summed E-state index contributed by atoms with van der Waals surface area (Å²) in [6, 6.07) is 1.69. The predicted octanol–water partition coefficient (Wildman–Crippen LogP) is 1.20. The number of hydrogen-bond donors (Lipinski definition) is 1. The van der Waals surface area contributed by atoms with Crippen LogP contribution in [-0.2, 0) is 0 Å². The Labute approximate surface area is 70.5 Å². The lowest BCUT2D eigenvalue weighted by atomic mass is 9.97. The summed E-state index contributed by atoms with van der Waals surface area (Å²) in [5.41, 5.74) is 5.93. The van der Waals surface area contributed by atoms with Crippen LogP contribution in [0.25, 0.3) is 0 Å². The van der Waals surface area contributed by atoms with Crippen LogP contribution in [0.15, 0.2) is 23.0 Å². The number of hydrogen-bond acceptors (Lipinski definition) is 3. The molecule has 1 heterocycles. The Kier molecular flexibility index (Phi) is 1.54. The summed E-state index contributed by atoms with van der Waals surface area (Å²) in [5.74, 6) is 0.138. The molecule has 0 amide bonds. The third kappa shape index (κ3) is 0.975. The molecule has 1 aromatic heterocycles. The van der Waals surface area contributed by atoms with Gasteiger partial charge in [-0.25, -0.2) is 0 Å². The smallest absolute Gasteiger partial charge is 0.173 e. The maximum Gasteiger partial charge on any atom is 0.173 e. The first-order valence-electron chi connectivity index (χ1n) is 4.06. The van der Waals surface area contributed by atoms with E-state index in [1.54, 1.807) is 6.07 Å². The number of ketones is 1. The van der Waals surface area contributed by atoms with Gasteiger partial charge in [-0.1, -0.05) is 0 Å². The Morgan fingerprint density at radius 2 is 2.42 bits per heavy atom. The number of nitrogens with two attached hydrogens (primary N) is 1. The monoisotopic (exact) mass is 165 g/mol. The van der Waals surface area contributed by atoms with Gasteiger partial charge in [-0.15, -0.1) is 0 Å². The van der Waals surface area contributed by atoms with Gasteiger partial charge in [0.15, 0.2) is 5.78 Å². The lowest BCUT2D eigenvalue weighted by Gasteiger charge is -2.07. The van der Waals surface area contributed by atoms with Crippen molar-refractivity contribution < 1.29 is 9.21 Å². The second-order valence-corrected chi connectivity index (χ2v) is 3.33. The quantitative estimate of drug-likeness (QED) is 0.684. The van der Waals surface area contributed by atoms with Crippen LogP contribution in [0.1, 0.15) is 23.2 Å². The van der Waals surface area contributed by atoms with Gasteiger partial charge in [0.2, 0.25) is 0 Å². The van der Waals surface area contributed by atoms with Crippen LogP contribution in [0.3, 0.4) is 0 Å². The Balaban J connectivity index is 2.21. The van der Waals surface area contributed by atoms with Crippen LogP contribution in [0, 0.1) is 5.41 Å². The van der Waals surface area contributed by atoms with Crippen molar-refractivity contribution in [2.75, 3.05) is 6.54 Å². The van der Waals surface area contributed by atoms with Crippen molar-refractivity contribution in [1.29, 1.82) is 0 Å². The van der Waals surface area contributed by atoms with E-state index >= 15 is 0 Å². The molecule has 3 heteroatoms. The minimum absolute atomic E-state index is 0.138. The van der Waals surface area contributed by atoms with Gasteiger partial charge in [0.25, 0.3) is 0 Å². The number of carbonyl (C=O) groups excluding carboxylic acids is 1. The van der Waals surface area contributed by atoms with Crippen LogP contribution in [-0.4, -0.2) is 12.3 Å². The van der Waals surface area contributed by atoms with E-state index in [9.17, 15) is 4.79 Å². The van der Waals surface area contributed by atoms with E-state index in [0.29, 0.717) is 12.1 Å². The van der Waals surface area contributed by atoms with E-state index < -0.39 is 0 Å². The van der Waals surface area contributed by atoms with Crippen molar-refractivity contribution in [3.05, 3.63) is 24.2 Å². The normalized spacial score (nSPS) is 19.1. The highest BCUT2D eigenvalue weighted by atomic mass is 16.3. The third-order valence-electron chi connectivity index (χ3n) is 2.51. The molecule has 1 aromatic rings. The molecule has 2 rings (SSSR count). The zero-order valence-electron chi connectivity index (χ0n) is 6.75. The number of rotatable bonds is 3. The van der Waals surface area contributed by atoms with Crippen molar-refractivity contribution in [2.45, 2.75) is 12.8 Å². The minimum atomic E-state index is -0.246. The molecule has 1 aliphatic rings. The highest BCUT2D eigenvalue weighted by Crippen LogP contribution is 2.47. The summed E-state index contributed by atoms with van der Waals surface area (Å²) in [5, 5.41) is 0. The third-order valence-corrected chi connectivity index (χ3v) is 2.51. The summed E-state index contributed by atoms with van der Waals surface area (Å²) >= 11 is 0. The lowest BCUT2D eigenvalue weighted by Crippen LogP contribution is -2.24. The number of Topliss-reactive ketones (excluding diaryl/α,β-unsaturated/α-hetero) is 1. The molecule has 0 atom stereocenters. The van der Waals surface area contributed by atoms with Crippen molar-refractivity contribution in [2.24, 2.45) is 11.1 Å². The van der Waals surface area contributed by atoms with Crippen molar-refractivity contribution >= 4 is 5.78 Å². The SMILES string of the molecule is NCC1(C(=O)c2ccoc2)CC1. The van der Waals surface area contributed by atoms with Crippen molar-refractivity contribution in [1.82, 2.24) is 0 Å². The zero-order chi connectivity index (χ0) is 8.60.